The third-order valence-corrected chi connectivity index (χ3v) is 7.13. The van der Waals surface area contributed by atoms with Crippen molar-refractivity contribution in [2.45, 2.75) is 26.6 Å². The van der Waals surface area contributed by atoms with Crippen molar-refractivity contribution in [2.75, 3.05) is 32.7 Å². The number of tetrazole rings is 1. The smallest absolute Gasteiger partial charge is 0.297 e. The molecule has 1 aromatic heterocycles. The zero-order valence-corrected chi connectivity index (χ0v) is 22.1. The molecule has 9 heteroatoms. The molecule has 0 amide bonds. The lowest BCUT2D eigenvalue weighted by molar-refractivity contribution is -0.137. The molecule has 0 aliphatic carbocycles. The monoisotopic (exact) mass is 532 g/mol. The van der Waals surface area contributed by atoms with Gasteiger partial charge in [0.15, 0.2) is 5.82 Å². The van der Waals surface area contributed by atoms with Crippen molar-refractivity contribution >= 4 is 6.08 Å². The predicted octanol–water partition coefficient (Wildman–Crippen LogP) is 5.80. The van der Waals surface area contributed by atoms with Crippen LogP contribution in [-0.2, 0) is 12.7 Å². The van der Waals surface area contributed by atoms with Gasteiger partial charge < -0.3 is 0 Å². The number of rotatable bonds is 7. The van der Waals surface area contributed by atoms with Crippen molar-refractivity contribution < 1.29 is 13.2 Å². The number of aromatic nitrogens is 4. The predicted molar refractivity (Wildman–Crippen MR) is 146 cm³/mol. The maximum Gasteiger partial charge on any atom is 0.416 e. The number of nitrogens with zero attached hydrogens (tertiary/aromatic N) is 6. The molecule has 0 radical (unpaired) electrons. The van der Waals surface area contributed by atoms with Crippen LogP contribution in [0.3, 0.4) is 0 Å². The number of hydrogen-bond donors (Lipinski definition) is 0. The van der Waals surface area contributed by atoms with Crippen LogP contribution in [0.5, 0.6) is 0 Å². The summed E-state index contributed by atoms with van der Waals surface area (Å²) in [6.07, 6.45) is -0.170. The van der Waals surface area contributed by atoms with Crippen LogP contribution in [0.4, 0.5) is 13.2 Å². The Hall–Kier alpha value is -3.82. The Morgan fingerprint density at radius 2 is 1.54 bits per heavy atom. The topological polar surface area (TPSA) is 50.1 Å². The molecule has 202 valence electrons. The number of piperazine rings is 1. The van der Waals surface area contributed by atoms with Crippen LogP contribution in [0, 0.1) is 13.8 Å². The summed E-state index contributed by atoms with van der Waals surface area (Å²) in [5.41, 5.74) is 4.27. The molecule has 1 saturated heterocycles. The molecule has 0 N–H and O–H groups in total. The van der Waals surface area contributed by atoms with Gasteiger partial charge in [0.1, 0.15) is 0 Å². The van der Waals surface area contributed by atoms with E-state index in [1.54, 1.807) is 10.7 Å². The van der Waals surface area contributed by atoms with Crippen molar-refractivity contribution in [3.8, 4) is 17.1 Å². The average molecular weight is 533 g/mol. The molecule has 0 saturated carbocycles. The van der Waals surface area contributed by atoms with Crippen molar-refractivity contribution in [3.63, 3.8) is 0 Å². The van der Waals surface area contributed by atoms with Gasteiger partial charge in [0.05, 0.1) is 11.3 Å². The van der Waals surface area contributed by atoms with Crippen molar-refractivity contribution in [1.82, 2.24) is 30.0 Å². The number of para-hydroxylation sites is 1. The lowest BCUT2D eigenvalue weighted by Crippen LogP contribution is -2.45. The quantitative estimate of drug-likeness (QED) is 0.301. The van der Waals surface area contributed by atoms with Gasteiger partial charge in [0.2, 0.25) is 0 Å². The van der Waals surface area contributed by atoms with E-state index >= 15 is 0 Å². The largest absolute Gasteiger partial charge is 0.416 e. The van der Waals surface area contributed by atoms with Crippen molar-refractivity contribution in [3.05, 3.63) is 101 Å². The molecule has 0 spiro atoms. The van der Waals surface area contributed by atoms with Crippen molar-refractivity contribution in [2.24, 2.45) is 0 Å². The normalized spacial score (nSPS) is 15.3. The molecular weight excluding hydrogens is 501 g/mol. The Morgan fingerprint density at radius 3 is 2.23 bits per heavy atom. The minimum atomic E-state index is -4.47. The summed E-state index contributed by atoms with van der Waals surface area (Å²) < 4.78 is 42.7. The van der Waals surface area contributed by atoms with Crippen LogP contribution in [0.25, 0.3) is 23.2 Å². The van der Waals surface area contributed by atoms with Gasteiger partial charge in [-0.2, -0.15) is 17.9 Å². The fourth-order valence-electron chi connectivity index (χ4n) is 5.02. The Labute approximate surface area is 226 Å². The second kappa shape index (κ2) is 11.5. The maximum absolute atomic E-state index is 13.7. The molecule has 2 heterocycles. The molecule has 39 heavy (non-hydrogen) atoms. The fourth-order valence-corrected chi connectivity index (χ4v) is 5.02. The molecule has 0 unspecified atom stereocenters. The molecule has 1 fully saturated rings. The standard InChI is InChI=1S/C30H31F3N6/c1-22-8-6-9-23(2)28(22)39-29(34-35-36-39)27-20-26(30(31,32)33)14-13-25(27)21-38-18-16-37(17-19-38)15-7-12-24-10-4-3-5-11-24/h3-14,20H,15-19,21H2,1-2H3. The van der Waals surface area contributed by atoms with Crippen LogP contribution < -0.4 is 0 Å². The third kappa shape index (κ3) is 6.26. The molecule has 3 aromatic carbocycles. The zero-order valence-electron chi connectivity index (χ0n) is 22.1. The lowest BCUT2D eigenvalue weighted by Gasteiger charge is -2.34. The van der Waals surface area contributed by atoms with Gasteiger partial charge in [-0.1, -0.05) is 66.7 Å². The van der Waals surface area contributed by atoms with Gasteiger partial charge in [-0.25, -0.2) is 0 Å². The van der Waals surface area contributed by atoms with E-state index < -0.39 is 11.7 Å². The van der Waals surface area contributed by atoms with Crippen LogP contribution >= 0.6 is 0 Å². The summed E-state index contributed by atoms with van der Waals surface area (Å²) in [6, 6.07) is 19.9. The fraction of sp³-hybridized carbons (Fsp3) is 0.300. The first kappa shape index (κ1) is 26.8. The second-order valence-electron chi connectivity index (χ2n) is 9.91. The number of halogens is 3. The molecule has 1 aliphatic heterocycles. The van der Waals surface area contributed by atoms with E-state index in [0.29, 0.717) is 17.9 Å². The molecule has 4 aromatic rings. The minimum Gasteiger partial charge on any atom is -0.297 e. The first-order chi connectivity index (χ1) is 18.8. The summed E-state index contributed by atoms with van der Waals surface area (Å²) in [5.74, 6) is 0.304. The van der Waals surface area contributed by atoms with Crippen LogP contribution in [0.15, 0.2) is 72.8 Å². The first-order valence-electron chi connectivity index (χ1n) is 13.0. The van der Waals surface area contributed by atoms with E-state index in [9.17, 15) is 13.2 Å². The summed E-state index contributed by atoms with van der Waals surface area (Å²) in [7, 11) is 0. The summed E-state index contributed by atoms with van der Waals surface area (Å²) >= 11 is 0. The zero-order chi connectivity index (χ0) is 27.4. The van der Waals surface area contributed by atoms with Gasteiger partial charge in [0.25, 0.3) is 0 Å². The molecule has 0 bridgehead atoms. The van der Waals surface area contributed by atoms with E-state index in [4.69, 9.17) is 0 Å². The van der Waals surface area contributed by atoms with E-state index in [-0.39, 0.29) is 0 Å². The molecular formula is C30H31F3N6. The lowest BCUT2D eigenvalue weighted by atomic mass is 10.0. The highest BCUT2D eigenvalue weighted by atomic mass is 19.4. The molecule has 0 atom stereocenters. The molecule has 6 nitrogen and oxygen atoms in total. The molecule has 5 rings (SSSR count). The molecule has 1 aliphatic rings. The van der Waals surface area contributed by atoms with Gasteiger partial charge >= 0.3 is 6.18 Å². The highest BCUT2D eigenvalue weighted by Gasteiger charge is 2.32. The minimum absolute atomic E-state index is 0.304. The Morgan fingerprint density at radius 1 is 0.846 bits per heavy atom. The highest BCUT2D eigenvalue weighted by molar-refractivity contribution is 5.65. The average Bonchev–Trinajstić information content (AvgIpc) is 3.39. The Kier molecular flexibility index (Phi) is 7.90. The highest BCUT2D eigenvalue weighted by Crippen LogP contribution is 2.35. The Bertz CT molecular complexity index is 1420. The van der Waals surface area contributed by atoms with Gasteiger partial charge in [-0.3, -0.25) is 9.80 Å². The van der Waals surface area contributed by atoms with E-state index in [1.165, 1.54) is 11.6 Å². The Balaban J connectivity index is 1.36. The van der Waals surface area contributed by atoms with Gasteiger partial charge in [-0.15, -0.1) is 5.10 Å². The SMILES string of the molecule is Cc1cccc(C)c1-n1nnnc1-c1cc(C(F)(F)F)ccc1CN1CCN(CC=Cc2ccccc2)CC1. The van der Waals surface area contributed by atoms with Crippen LogP contribution in [0.2, 0.25) is 0 Å². The van der Waals surface area contributed by atoms with Crippen LogP contribution in [-0.4, -0.2) is 62.7 Å². The number of benzene rings is 3. The first-order valence-corrected chi connectivity index (χ1v) is 13.0. The van der Waals surface area contributed by atoms with E-state index in [2.05, 4.69) is 49.6 Å². The third-order valence-electron chi connectivity index (χ3n) is 7.13. The maximum atomic E-state index is 13.7. The van der Waals surface area contributed by atoms with Gasteiger partial charge in [-0.05, 0) is 58.7 Å². The van der Waals surface area contributed by atoms with Crippen molar-refractivity contribution in [1.29, 1.82) is 0 Å². The summed E-state index contributed by atoms with van der Waals surface area (Å²) in [5, 5.41) is 12.2. The number of hydrogen-bond acceptors (Lipinski definition) is 5. The summed E-state index contributed by atoms with van der Waals surface area (Å²) in [4.78, 5) is 4.65. The summed E-state index contributed by atoms with van der Waals surface area (Å²) in [6.45, 7) is 8.66. The van der Waals surface area contributed by atoms with E-state index in [1.807, 2.05) is 50.2 Å². The van der Waals surface area contributed by atoms with Gasteiger partial charge in [0, 0.05) is 44.8 Å². The number of alkyl halides is 3. The number of aryl methyl sites for hydroxylation is 2. The van der Waals surface area contributed by atoms with Crippen LogP contribution in [0.1, 0.15) is 27.8 Å². The van der Waals surface area contributed by atoms with E-state index in [0.717, 1.165) is 61.2 Å². The second-order valence-corrected chi connectivity index (χ2v) is 9.91.